The monoisotopic (exact) mass is 362 g/mol. The van der Waals surface area contributed by atoms with Gasteiger partial charge in [-0.1, -0.05) is 11.6 Å². The maximum atomic E-state index is 11.8. The molecule has 0 spiro atoms. The van der Waals surface area contributed by atoms with Crippen LogP contribution in [0.3, 0.4) is 0 Å². The number of halogens is 1. The highest BCUT2D eigenvalue weighted by atomic mass is 35.5. The Morgan fingerprint density at radius 3 is 2.60 bits per heavy atom. The molecular formula is C18H19ClN2O4. The first-order valence-corrected chi connectivity index (χ1v) is 7.84. The topological polar surface area (TPSA) is 69.2 Å². The highest BCUT2D eigenvalue weighted by Gasteiger charge is 2.05. The maximum absolute atomic E-state index is 11.8. The van der Waals surface area contributed by atoms with E-state index in [0.29, 0.717) is 22.3 Å². The molecule has 0 radical (unpaired) electrons. The first kappa shape index (κ1) is 18.6. The lowest BCUT2D eigenvalue weighted by Gasteiger charge is -2.08. The van der Waals surface area contributed by atoms with Crippen LogP contribution in [0.15, 0.2) is 41.5 Å². The second-order valence-corrected chi connectivity index (χ2v) is 5.51. The highest BCUT2D eigenvalue weighted by molar-refractivity contribution is 6.31. The van der Waals surface area contributed by atoms with E-state index < -0.39 is 0 Å². The van der Waals surface area contributed by atoms with Crippen LogP contribution in [-0.4, -0.2) is 32.9 Å². The Morgan fingerprint density at radius 1 is 1.16 bits per heavy atom. The summed E-state index contributed by atoms with van der Waals surface area (Å²) in [5, 5.41) is 4.54. The third-order valence-electron chi connectivity index (χ3n) is 3.31. The van der Waals surface area contributed by atoms with Crippen molar-refractivity contribution in [3.63, 3.8) is 0 Å². The Kier molecular flexibility index (Phi) is 6.65. The molecular weight excluding hydrogens is 344 g/mol. The molecule has 2 rings (SSSR count). The number of methoxy groups -OCH3 is 2. The molecule has 0 saturated heterocycles. The van der Waals surface area contributed by atoms with Crippen molar-refractivity contribution in [2.45, 2.75) is 6.92 Å². The van der Waals surface area contributed by atoms with Gasteiger partial charge in [-0.05, 0) is 54.4 Å². The van der Waals surface area contributed by atoms with Gasteiger partial charge >= 0.3 is 0 Å². The van der Waals surface area contributed by atoms with Crippen molar-refractivity contribution < 1.29 is 19.0 Å². The minimum Gasteiger partial charge on any atom is -0.493 e. The van der Waals surface area contributed by atoms with Crippen LogP contribution >= 0.6 is 11.6 Å². The average molecular weight is 363 g/mol. The van der Waals surface area contributed by atoms with Crippen molar-refractivity contribution in [2.75, 3.05) is 20.8 Å². The SMILES string of the molecule is COc1ccc(C=NNC(=O)COc2ccc(Cl)c(C)c2)cc1OC. The summed E-state index contributed by atoms with van der Waals surface area (Å²) < 4.78 is 15.8. The molecule has 0 aliphatic carbocycles. The summed E-state index contributed by atoms with van der Waals surface area (Å²) in [6, 6.07) is 10.5. The van der Waals surface area contributed by atoms with Gasteiger partial charge in [-0.3, -0.25) is 4.79 Å². The summed E-state index contributed by atoms with van der Waals surface area (Å²) in [6.45, 7) is 1.72. The van der Waals surface area contributed by atoms with Crippen molar-refractivity contribution in [3.05, 3.63) is 52.5 Å². The van der Waals surface area contributed by atoms with Gasteiger partial charge in [0, 0.05) is 5.02 Å². The summed E-state index contributed by atoms with van der Waals surface area (Å²) in [6.07, 6.45) is 1.51. The number of aryl methyl sites for hydroxylation is 1. The molecule has 0 fully saturated rings. The number of hydrazone groups is 1. The molecule has 25 heavy (non-hydrogen) atoms. The third kappa shape index (κ3) is 5.39. The first-order chi connectivity index (χ1) is 12.0. The second kappa shape index (κ2) is 8.94. The summed E-state index contributed by atoms with van der Waals surface area (Å²) >= 11 is 5.94. The van der Waals surface area contributed by atoms with Crippen LogP contribution in [0.4, 0.5) is 0 Å². The van der Waals surface area contributed by atoms with E-state index in [1.165, 1.54) is 6.21 Å². The molecule has 0 aliphatic heterocycles. The van der Waals surface area contributed by atoms with Crippen molar-refractivity contribution >= 4 is 23.7 Å². The molecule has 6 nitrogen and oxygen atoms in total. The molecule has 0 aromatic heterocycles. The fourth-order valence-corrected chi connectivity index (χ4v) is 2.12. The molecule has 0 unspecified atom stereocenters. The summed E-state index contributed by atoms with van der Waals surface area (Å²) in [5.74, 6) is 1.40. The fourth-order valence-electron chi connectivity index (χ4n) is 2.00. The van der Waals surface area contributed by atoms with Crippen LogP contribution in [0, 0.1) is 6.92 Å². The minimum atomic E-state index is -0.371. The molecule has 7 heteroatoms. The maximum Gasteiger partial charge on any atom is 0.277 e. The largest absolute Gasteiger partial charge is 0.493 e. The molecule has 1 N–H and O–H groups in total. The van der Waals surface area contributed by atoms with Gasteiger partial charge in [0.25, 0.3) is 5.91 Å². The van der Waals surface area contributed by atoms with Crippen LogP contribution in [0.2, 0.25) is 5.02 Å². The van der Waals surface area contributed by atoms with Gasteiger partial charge in [0.1, 0.15) is 5.75 Å². The van der Waals surface area contributed by atoms with E-state index in [0.717, 1.165) is 11.1 Å². The number of carbonyl (C=O) groups is 1. The Labute approximate surface area is 151 Å². The number of benzene rings is 2. The molecule has 0 bridgehead atoms. The van der Waals surface area contributed by atoms with Gasteiger partial charge in [0.2, 0.25) is 0 Å². The lowest BCUT2D eigenvalue weighted by atomic mass is 10.2. The van der Waals surface area contributed by atoms with Crippen LogP contribution in [0.1, 0.15) is 11.1 Å². The zero-order valence-electron chi connectivity index (χ0n) is 14.2. The second-order valence-electron chi connectivity index (χ2n) is 5.11. The van der Waals surface area contributed by atoms with Gasteiger partial charge in [0.05, 0.1) is 20.4 Å². The molecule has 132 valence electrons. The van der Waals surface area contributed by atoms with Crippen LogP contribution in [0.5, 0.6) is 17.2 Å². The molecule has 2 aromatic rings. The van der Waals surface area contributed by atoms with Crippen LogP contribution < -0.4 is 19.6 Å². The number of ether oxygens (including phenoxy) is 3. The number of nitrogens with one attached hydrogen (secondary N) is 1. The van der Waals surface area contributed by atoms with Gasteiger partial charge in [-0.25, -0.2) is 5.43 Å². The summed E-state index contributed by atoms with van der Waals surface area (Å²) in [4.78, 5) is 11.8. The van der Waals surface area contributed by atoms with Crippen molar-refractivity contribution in [1.82, 2.24) is 5.43 Å². The standard InChI is InChI=1S/C18H19ClN2O4/c1-12-8-14(5-6-15(12)19)25-11-18(22)21-20-10-13-4-7-16(23-2)17(9-13)24-3/h4-10H,11H2,1-3H3,(H,21,22). The molecule has 0 saturated carbocycles. The number of rotatable bonds is 7. The Morgan fingerprint density at radius 2 is 1.92 bits per heavy atom. The zero-order chi connectivity index (χ0) is 18.2. The van der Waals surface area contributed by atoms with Gasteiger partial charge in [-0.15, -0.1) is 0 Å². The highest BCUT2D eigenvalue weighted by Crippen LogP contribution is 2.26. The average Bonchev–Trinajstić information content (AvgIpc) is 2.62. The van der Waals surface area contributed by atoms with Crippen LogP contribution in [0.25, 0.3) is 0 Å². The summed E-state index contributed by atoms with van der Waals surface area (Å²) in [5.41, 5.74) is 4.04. The predicted octanol–water partition coefficient (Wildman–Crippen LogP) is 3.19. The normalized spacial score (nSPS) is 10.6. The van der Waals surface area contributed by atoms with Gasteiger partial charge < -0.3 is 14.2 Å². The predicted molar refractivity (Wildman–Crippen MR) is 97.0 cm³/mol. The van der Waals surface area contributed by atoms with Crippen molar-refractivity contribution in [2.24, 2.45) is 5.10 Å². The number of carbonyl (C=O) groups excluding carboxylic acids is 1. The molecule has 0 heterocycles. The zero-order valence-corrected chi connectivity index (χ0v) is 15.0. The lowest BCUT2D eigenvalue weighted by molar-refractivity contribution is -0.123. The van der Waals surface area contributed by atoms with E-state index in [2.05, 4.69) is 10.5 Å². The number of hydrogen-bond donors (Lipinski definition) is 1. The number of hydrogen-bond acceptors (Lipinski definition) is 5. The fraction of sp³-hybridized carbons (Fsp3) is 0.222. The molecule has 2 aromatic carbocycles. The summed E-state index contributed by atoms with van der Waals surface area (Å²) in [7, 11) is 3.12. The van der Waals surface area contributed by atoms with E-state index in [4.69, 9.17) is 25.8 Å². The van der Waals surface area contributed by atoms with E-state index in [9.17, 15) is 4.79 Å². The molecule has 0 aliphatic rings. The van der Waals surface area contributed by atoms with Crippen molar-refractivity contribution in [3.8, 4) is 17.2 Å². The van der Waals surface area contributed by atoms with Gasteiger partial charge in [0.15, 0.2) is 18.1 Å². The van der Waals surface area contributed by atoms with Gasteiger partial charge in [-0.2, -0.15) is 5.10 Å². The Hall–Kier alpha value is -2.73. The Balaban J connectivity index is 1.86. The van der Waals surface area contributed by atoms with Crippen LogP contribution in [-0.2, 0) is 4.79 Å². The van der Waals surface area contributed by atoms with E-state index in [1.54, 1.807) is 50.6 Å². The van der Waals surface area contributed by atoms with E-state index in [1.807, 2.05) is 6.92 Å². The minimum absolute atomic E-state index is 0.148. The lowest BCUT2D eigenvalue weighted by Crippen LogP contribution is -2.24. The molecule has 0 atom stereocenters. The number of amides is 1. The quantitative estimate of drug-likeness (QED) is 0.606. The molecule has 1 amide bonds. The van der Waals surface area contributed by atoms with E-state index in [-0.39, 0.29) is 12.5 Å². The third-order valence-corrected chi connectivity index (χ3v) is 3.73. The Bertz CT molecular complexity index is 778. The number of nitrogens with zero attached hydrogens (tertiary/aromatic N) is 1. The first-order valence-electron chi connectivity index (χ1n) is 7.46. The van der Waals surface area contributed by atoms with E-state index >= 15 is 0 Å². The van der Waals surface area contributed by atoms with Crippen molar-refractivity contribution in [1.29, 1.82) is 0 Å². The smallest absolute Gasteiger partial charge is 0.277 e.